The van der Waals surface area contributed by atoms with Gasteiger partial charge in [0.1, 0.15) is 23.4 Å². The van der Waals surface area contributed by atoms with Crippen molar-refractivity contribution < 1.29 is 43.4 Å². The van der Waals surface area contributed by atoms with Gasteiger partial charge in [0.2, 0.25) is 23.6 Å². The van der Waals surface area contributed by atoms with Gasteiger partial charge in [0.25, 0.3) is 11.8 Å². The summed E-state index contributed by atoms with van der Waals surface area (Å²) in [6.07, 6.45) is 3.68. The third-order valence-corrected chi connectivity index (χ3v) is 9.76. The first-order valence-electron chi connectivity index (χ1n) is 19.3. The molecule has 0 unspecified atom stereocenters. The predicted octanol–water partition coefficient (Wildman–Crippen LogP) is 2.87. The van der Waals surface area contributed by atoms with E-state index in [0.29, 0.717) is 0 Å². The lowest BCUT2D eigenvalue weighted by molar-refractivity contribution is -0.158. The van der Waals surface area contributed by atoms with Crippen LogP contribution in [0.4, 0.5) is 0 Å². The Morgan fingerprint density at radius 1 is 0.895 bits per heavy atom. The number of phenolic OH excluding ortho intramolecular Hbond substituents is 1. The summed E-state index contributed by atoms with van der Waals surface area (Å²) in [6, 6.07) is 3.12. The van der Waals surface area contributed by atoms with Gasteiger partial charge < -0.3 is 36.0 Å². The van der Waals surface area contributed by atoms with Crippen LogP contribution in [0.2, 0.25) is 0 Å². The standard InChI is InChI=1S/C42H64N6O9/c1-25(2)30(47(13)38(55)35(40(4,5)6)46-37(54)34(43-12)42(10,11)27-14-16-28(49)17-15-27)24-26(3)36(53)45-29(39(56)57-41(7,8)9)18-19-31(50)44-22-23-48-32(51)20-21-33(48)52/h14-17,20-21,24-25,29-30,34-35,43,49H,18-19,22-23H2,1-13H3,(H,44,50)(H,45,53)(H,46,54)/b26-24+/t29-,30-,34-,35-/m1/s1. The van der Waals surface area contributed by atoms with E-state index >= 15 is 0 Å². The van der Waals surface area contributed by atoms with E-state index in [1.54, 1.807) is 72.1 Å². The zero-order valence-electron chi connectivity index (χ0n) is 35.9. The molecule has 1 aliphatic rings. The summed E-state index contributed by atoms with van der Waals surface area (Å²) in [5.74, 6) is -3.56. The van der Waals surface area contributed by atoms with Crippen LogP contribution < -0.4 is 21.3 Å². The quantitative estimate of drug-likeness (QED) is 0.0836. The molecular weight excluding hydrogens is 732 g/mol. The first-order valence-corrected chi connectivity index (χ1v) is 19.3. The molecule has 0 saturated heterocycles. The third-order valence-electron chi connectivity index (χ3n) is 9.76. The Labute approximate surface area is 337 Å². The highest BCUT2D eigenvalue weighted by Gasteiger charge is 2.42. The molecule has 0 fully saturated rings. The maximum atomic E-state index is 14.3. The van der Waals surface area contributed by atoms with Crippen molar-refractivity contribution in [1.29, 1.82) is 0 Å². The fourth-order valence-electron chi connectivity index (χ4n) is 6.40. The van der Waals surface area contributed by atoms with Crippen LogP contribution in [0.25, 0.3) is 0 Å². The minimum Gasteiger partial charge on any atom is -0.508 e. The van der Waals surface area contributed by atoms with Gasteiger partial charge in [-0.3, -0.25) is 33.7 Å². The Kier molecular flexibility index (Phi) is 16.8. The molecule has 0 aliphatic carbocycles. The van der Waals surface area contributed by atoms with Gasteiger partial charge in [0.05, 0.1) is 12.1 Å². The first kappa shape index (κ1) is 48.1. The van der Waals surface area contributed by atoms with Crippen LogP contribution in [0.1, 0.15) is 94.6 Å². The Bertz CT molecular complexity index is 1680. The van der Waals surface area contributed by atoms with E-state index in [0.717, 1.165) is 22.6 Å². The number of ether oxygens (including phenoxy) is 1. The van der Waals surface area contributed by atoms with E-state index in [9.17, 15) is 38.7 Å². The highest BCUT2D eigenvalue weighted by atomic mass is 16.6. The van der Waals surface area contributed by atoms with E-state index in [4.69, 9.17) is 4.74 Å². The third kappa shape index (κ3) is 13.8. The van der Waals surface area contributed by atoms with Crippen molar-refractivity contribution in [2.24, 2.45) is 11.3 Å². The molecule has 4 atom stereocenters. The molecule has 57 heavy (non-hydrogen) atoms. The van der Waals surface area contributed by atoms with Gasteiger partial charge in [-0.15, -0.1) is 0 Å². The maximum absolute atomic E-state index is 14.3. The second kappa shape index (κ2) is 19.9. The van der Waals surface area contributed by atoms with Crippen LogP contribution in [-0.4, -0.2) is 113 Å². The molecule has 0 radical (unpaired) electrons. The Balaban J connectivity index is 2.25. The molecule has 1 aliphatic heterocycles. The Morgan fingerprint density at radius 3 is 1.95 bits per heavy atom. The molecule has 15 heteroatoms. The normalized spacial score (nSPS) is 15.8. The van der Waals surface area contributed by atoms with Crippen molar-refractivity contribution in [3.8, 4) is 5.75 Å². The SMILES string of the molecule is CN[C@H](C(=O)N[C@H](C(=O)N(C)[C@H](/C=C(\C)C(=O)N[C@H](CCC(=O)NCCN1C(=O)C=CC1=O)C(=O)OC(C)(C)C)C(C)C)C(C)(C)C)C(C)(C)c1ccc(O)cc1. The van der Waals surface area contributed by atoms with Gasteiger partial charge in [-0.05, 0) is 70.2 Å². The maximum Gasteiger partial charge on any atom is 0.329 e. The molecule has 1 aromatic carbocycles. The average molecular weight is 797 g/mol. The number of amides is 6. The van der Waals surface area contributed by atoms with Crippen molar-refractivity contribution in [3.05, 3.63) is 53.6 Å². The van der Waals surface area contributed by atoms with Gasteiger partial charge in [-0.2, -0.15) is 0 Å². The van der Waals surface area contributed by atoms with Crippen LogP contribution in [0.5, 0.6) is 5.75 Å². The number of esters is 1. The molecule has 15 nitrogen and oxygen atoms in total. The Morgan fingerprint density at radius 2 is 1.46 bits per heavy atom. The van der Waals surface area contributed by atoms with Crippen LogP contribution in [0, 0.1) is 11.3 Å². The van der Waals surface area contributed by atoms with Gasteiger partial charge in [0.15, 0.2) is 0 Å². The van der Waals surface area contributed by atoms with Crippen molar-refractivity contribution in [2.75, 3.05) is 27.2 Å². The van der Waals surface area contributed by atoms with Crippen molar-refractivity contribution in [2.45, 2.75) is 124 Å². The summed E-state index contributed by atoms with van der Waals surface area (Å²) >= 11 is 0. The monoisotopic (exact) mass is 796 g/mol. The number of hydrogen-bond acceptors (Lipinski definition) is 10. The van der Waals surface area contributed by atoms with Gasteiger partial charge in [0, 0.05) is 49.7 Å². The fourth-order valence-corrected chi connectivity index (χ4v) is 6.40. The Hall–Kier alpha value is -5.05. The molecule has 316 valence electrons. The topological polar surface area (TPSA) is 204 Å². The minimum absolute atomic E-state index is 0.0136. The lowest BCUT2D eigenvalue weighted by Crippen LogP contribution is -2.61. The van der Waals surface area contributed by atoms with E-state index in [2.05, 4.69) is 21.3 Å². The number of hydrogen-bond donors (Lipinski definition) is 5. The van der Waals surface area contributed by atoms with Gasteiger partial charge in [-0.25, -0.2) is 4.79 Å². The number of nitrogens with one attached hydrogen (secondary N) is 4. The lowest BCUT2D eigenvalue weighted by Gasteiger charge is -2.40. The predicted molar refractivity (Wildman–Crippen MR) is 216 cm³/mol. The number of phenols is 1. The van der Waals surface area contributed by atoms with Gasteiger partial charge >= 0.3 is 5.97 Å². The molecule has 0 saturated carbocycles. The molecule has 5 N–H and O–H groups in total. The van der Waals surface area contributed by atoms with E-state index in [1.165, 1.54) is 4.90 Å². The zero-order valence-corrected chi connectivity index (χ0v) is 35.9. The molecule has 1 heterocycles. The number of benzene rings is 1. The van der Waals surface area contributed by atoms with Crippen molar-refractivity contribution >= 4 is 41.4 Å². The summed E-state index contributed by atoms with van der Waals surface area (Å²) < 4.78 is 5.54. The molecule has 0 bridgehead atoms. The van der Waals surface area contributed by atoms with E-state index in [-0.39, 0.29) is 55.0 Å². The van der Waals surface area contributed by atoms with E-state index < -0.39 is 70.2 Å². The highest BCUT2D eigenvalue weighted by Crippen LogP contribution is 2.30. The number of carbonyl (C=O) groups excluding carboxylic acids is 7. The van der Waals surface area contributed by atoms with Gasteiger partial charge in [-0.1, -0.05) is 66.7 Å². The highest BCUT2D eigenvalue weighted by molar-refractivity contribution is 6.12. The number of aromatic hydroxyl groups is 1. The average Bonchev–Trinajstić information content (AvgIpc) is 3.41. The number of imide groups is 1. The molecule has 6 amide bonds. The summed E-state index contributed by atoms with van der Waals surface area (Å²) in [6.45, 7) is 19.8. The molecule has 0 spiro atoms. The first-order chi connectivity index (χ1) is 26.2. The summed E-state index contributed by atoms with van der Waals surface area (Å²) in [5, 5.41) is 21.2. The van der Waals surface area contributed by atoms with Crippen molar-refractivity contribution in [1.82, 2.24) is 31.1 Å². The summed E-state index contributed by atoms with van der Waals surface area (Å²) in [7, 11) is 3.29. The second-order valence-corrected chi connectivity index (χ2v) is 17.4. The fraction of sp³-hybridized carbons (Fsp3) is 0.595. The van der Waals surface area contributed by atoms with Crippen molar-refractivity contribution in [3.63, 3.8) is 0 Å². The van der Waals surface area contributed by atoms with E-state index in [1.807, 2.05) is 48.5 Å². The second-order valence-electron chi connectivity index (χ2n) is 17.4. The summed E-state index contributed by atoms with van der Waals surface area (Å²) in [4.78, 5) is 93.8. The number of carbonyl (C=O) groups is 7. The number of likely N-dealkylation sites (N-methyl/N-ethyl adjacent to an activating group) is 2. The largest absolute Gasteiger partial charge is 0.508 e. The number of nitrogens with zero attached hydrogens (tertiary/aromatic N) is 2. The lowest BCUT2D eigenvalue weighted by atomic mass is 9.76. The zero-order chi connectivity index (χ0) is 43.6. The van der Waals surface area contributed by atoms with Crippen LogP contribution in [0.3, 0.4) is 0 Å². The van der Waals surface area contributed by atoms with Crippen LogP contribution in [-0.2, 0) is 43.7 Å². The van der Waals surface area contributed by atoms with Crippen LogP contribution in [0.15, 0.2) is 48.1 Å². The smallest absolute Gasteiger partial charge is 0.329 e. The number of rotatable bonds is 18. The molecular formula is C42H64N6O9. The molecule has 1 aromatic rings. The van der Waals surface area contributed by atoms with Crippen LogP contribution >= 0.6 is 0 Å². The molecule has 0 aromatic heterocycles. The summed E-state index contributed by atoms with van der Waals surface area (Å²) in [5.41, 5.74) is -1.30. The molecule has 2 rings (SSSR count). The minimum atomic E-state index is -1.19.